The number of rotatable bonds is 5. The molecule has 3 atom stereocenters. The van der Waals surface area contributed by atoms with Gasteiger partial charge in [-0.2, -0.15) is 0 Å². The van der Waals surface area contributed by atoms with Gasteiger partial charge in [0.25, 0.3) is 0 Å². The lowest BCUT2D eigenvalue weighted by molar-refractivity contribution is -0.133. The van der Waals surface area contributed by atoms with E-state index in [9.17, 15) is 19.2 Å². The molecule has 3 aliphatic rings. The van der Waals surface area contributed by atoms with E-state index in [1.165, 1.54) is 21.2 Å². The average Bonchev–Trinajstić information content (AvgIpc) is 3.40. The number of thioether (sulfide) groups is 1. The number of piperidine rings is 1. The molecule has 4 heterocycles. The van der Waals surface area contributed by atoms with Crippen LogP contribution in [0.25, 0.3) is 0 Å². The van der Waals surface area contributed by atoms with Gasteiger partial charge in [-0.05, 0) is 56.0 Å². The summed E-state index contributed by atoms with van der Waals surface area (Å²) in [6, 6.07) is 14.8. The molecule has 2 saturated heterocycles. The van der Waals surface area contributed by atoms with Gasteiger partial charge in [0.05, 0.1) is 23.7 Å². The van der Waals surface area contributed by atoms with Crippen molar-refractivity contribution in [1.82, 2.24) is 9.47 Å². The number of amides is 3. The highest BCUT2D eigenvalue weighted by Gasteiger charge is 2.56. The van der Waals surface area contributed by atoms with E-state index < -0.39 is 17.1 Å². The molecule has 3 aromatic rings. The summed E-state index contributed by atoms with van der Waals surface area (Å²) < 4.78 is 6.85. The largest absolute Gasteiger partial charge is 0.497 e. The first kappa shape index (κ1) is 25.9. The van der Waals surface area contributed by atoms with Crippen LogP contribution in [0.2, 0.25) is 0 Å². The summed E-state index contributed by atoms with van der Waals surface area (Å²) in [6.45, 7) is 3.29. The number of nitrogens with zero attached hydrogens (tertiary/aromatic N) is 3. The van der Waals surface area contributed by atoms with Crippen molar-refractivity contribution in [3.8, 4) is 5.75 Å². The second-order valence-corrected chi connectivity index (χ2v) is 12.4. The van der Waals surface area contributed by atoms with Crippen LogP contribution >= 0.6 is 23.1 Å². The standard InChI is InChI=1S/C29H29N3O5S2/c1-17-6-10-19(11-7-17)32-26(34)23-22(18-8-12-20(37-2)13-9-18)25-28(38-24(23)27(32)35)31(29(36)39-25)16-21(33)30-14-4-3-5-15-30/h6-13,22-24H,3-5,14-16H2,1-2H3/t22-,23?,24?/m0/s1. The molecule has 3 aliphatic heterocycles. The number of hydrogen-bond donors (Lipinski definition) is 0. The van der Waals surface area contributed by atoms with E-state index in [-0.39, 0.29) is 29.1 Å². The van der Waals surface area contributed by atoms with Crippen molar-refractivity contribution < 1.29 is 19.1 Å². The summed E-state index contributed by atoms with van der Waals surface area (Å²) in [5.41, 5.74) is 2.40. The molecule has 1 aromatic heterocycles. The number of benzene rings is 2. The van der Waals surface area contributed by atoms with E-state index in [1.54, 1.807) is 19.2 Å². The van der Waals surface area contributed by atoms with Gasteiger partial charge >= 0.3 is 4.87 Å². The Bertz CT molecular complexity index is 1490. The molecule has 202 valence electrons. The third-order valence-electron chi connectivity index (χ3n) is 7.82. The number of thiazole rings is 1. The lowest BCUT2D eigenvalue weighted by Crippen LogP contribution is -2.39. The summed E-state index contributed by atoms with van der Waals surface area (Å²) in [6.07, 6.45) is 3.03. The van der Waals surface area contributed by atoms with E-state index in [1.807, 2.05) is 48.2 Å². The van der Waals surface area contributed by atoms with Gasteiger partial charge < -0.3 is 9.64 Å². The van der Waals surface area contributed by atoms with Crippen molar-refractivity contribution in [3.63, 3.8) is 0 Å². The van der Waals surface area contributed by atoms with Crippen molar-refractivity contribution in [1.29, 1.82) is 0 Å². The first-order chi connectivity index (χ1) is 18.9. The van der Waals surface area contributed by atoms with Gasteiger partial charge in [-0.1, -0.05) is 52.9 Å². The van der Waals surface area contributed by atoms with Crippen LogP contribution in [-0.4, -0.2) is 52.6 Å². The molecule has 0 aliphatic carbocycles. The molecule has 2 aromatic carbocycles. The smallest absolute Gasteiger partial charge is 0.308 e. The normalized spacial score (nSPS) is 22.6. The summed E-state index contributed by atoms with van der Waals surface area (Å²) in [7, 11) is 1.59. The van der Waals surface area contributed by atoms with Crippen LogP contribution in [0, 0.1) is 12.8 Å². The number of aryl methyl sites for hydroxylation is 1. The lowest BCUT2D eigenvalue weighted by Gasteiger charge is -2.31. The molecule has 2 fully saturated rings. The van der Waals surface area contributed by atoms with Crippen molar-refractivity contribution in [3.05, 3.63) is 74.2 Å². The molecule has 10 heteroatoms. The van der Waals surface area contributed by atoms with E-state index in [2.05, 4.69) is 0 Å². The summed E-state index contributed by atoms with van der Waals surface area (Å²) >= 11 is 2.32. The Morgan fingerprint density at radius 2 is 1.64 bits per heavy atom. The van der Waals surface area contributed by atoms with Crippen LogP contribution in [0.15, 0.2) is 58.4 Å². The lowest BCUT2D eigenvalue weighted by atomic mass is 9.83. The molecule has 0 spiro atoms. The van der Waals surface area contributed by atoms with Crippen LogP contribution in [-0.2, 0) is 20.9 Å². The Kier molecular flexibility index (Phi) is 6.84. The highest BCUT2D eigenvalue weighted by Crippen LogP contribution is 2.54. The molecule has 0 bridgehead atoms. The summed E-state index contributed by atoms with van der Waals surface area (Å²) in [4.78, 5) is 57.8. The highest BCUT2D eigenvalue weighted by molar-refractivity contribution is 8.00. The highest BCUT2D eigenvalue weighted by atomic mass is 32.2. The number of fused-ring (bicyclic) bond motifs is 2. The maximum absolute atomic E-state index is 14.0. The number of methoxy groups -OCH3 is 1. The second-order valence-electron chi connectivity index (χ2n) is 10.2. The molecule has 3 amide bonds. The van der Waals surface area contributed by atoms with Crippen LogP contribution in [0.1, 0.15) is 41.2 Å². The zero-order chi connectivity index (χ0) is 27.3. The number of anilines is 1. The summed E-state index contributed by atoms with van der Waals surface area (Å²) in [5, 5.41) is -0.0897. The van der Waals surface area contributed by atoms with Crippen molar-refractivity contribution >= 4 is 46.5 Å². The van der Waals surface area contributed by atoms with Crippen LogP contribution in [0.5, 0.6) is 5.75 Å². The fourth-order valence-electron chi connectivity index (χ4n) is 5.75. The minimum atomic E-state index is -0.705. The Morgan fingerprint density at radius 1 is 0.949 bits per heavy atom. The third-order valence-corrected chi connectivity index (χ3v) is 10.4. The van der Waals surface area contributed by atoms with Crippen molar-refractivity contribution in [2.75, 3.05) is 25.1 Å². The number of ether oxygens (including phenoxy) is 1. The van der Waals surface area contributed by atoms with E-state index in [4.69, 9.17) is 4.74 Å². The van der Waals surface area contributed by atoms with Crippen molar-refractivity contribution in [2.24, 2.45) is 5.92 Å². The van der Waals surface area contributed by atoms with Gasteiger partial charge in [-0.15, -0.1) is 0 Å². The Labute approximate surface area is 234 Å². The van der Waals surface area contributed by atoms with E-state index in [0.29, 0.717) is 29.6 Å². The monoisotopic (exact) mass is 563 g/mol. The fraction of sp³-hybridized carbons (Fsp3) is 0.379. The number of carbonyl (C=O) groups is 3. The molecule has 0 N–H and O–H groups in total. The summed E-state index contributed by atoms with van der Waals surface area (Å²) in [5.74, 6) is -1.15. The third kappa shape index (κ3) is 4.49. The zero-order valence-electron chi connectivity index (χ0n) is 21.8. The Balaban J connectivity index is 1.43. The minimum Gasteiger partial charge on any atom is -0.497 e. The van der Waals surface area contributed by atoms with Crippen molar-refractivity contribution in [2.45, 2.75) is 48.9 Å². The maximum Gasteiger partial charge on any atom is 0.308 e. The van der Waals surface area contributed by atoms with E-state index in [0.717, 1.165) is 46.6 Å². The Morgan fingerprint density at radius 3 is 2.31 bits per heavy atom. The molecule has 8 nitrogen and oxygen atoms in total. The molecule has 0 saturated carbocycles. The topological polar surface area (TPSA) is 88.9 Å². The minimum absolute atomic E-state index is 0.0613. The first-order valence-corrected chi connectivity index (χ1v) is 14.8. The van der Waals surface area contributed by atoms with Gasteiger partial charge in [-0.25, -0.2) is 4.90 Å². The predicted octanol–water partition coefficient (Wildman–Crippen LogP) is 4.04. The van der Waals surface area contributed by atoms with Gasteiger partial charge in [0.2, 0.25) is 17.7 Å². The molecular formula is C29H29N3O5S2. The first-order valence-electron chi connectivity index (χ1n) is 13.1. The average molecular weight is 564 g/mol. The van der Waals surface area contributed by atoms with Gasteiger partial charge in [0.15, 0.2) is 0 Å². The predicted molar refractivity (Wildman–Crippen MR) is 151 cm³/mol. The molecule has 39 heavy (non-hydrogen) atoms. The van der Waals surface area contributed by atoms with Gasteiger partial charge in [0.1, 0.15) is 17.5 Å². The molecule has 0 radical (unpaired) electrons. The van der Waals surface area contributed by atoms with Crippen LogP contribution < -0.4 is 14.5 Å². The molecule has 6 rings (SSSR count). The molecular weight excluding hydrogens is 534 g/mol. The number of imide groups is 1. The van der Waals surface area contributed by atoms with Gasteiger partial charge in [0, 0.05) is 23.9 Å². The number of carbonyl (C=O) groups excluding carboxylic acids is 3. The number of hydrogen-bond acceptors (Lipinski definition) is 7. The number of aromatic nitrogens is 1. The van der Waals surface area contributed by atoms with Gasteiger partial charge in [-0.3, -0.25) is 23.7 Å². The zero-order valence-corrected chi connectivity index (χ0v) is 23.4. The number of likely N-dealkylation sites (tertiary alicyclic amines) is 1. The van der Waals surface area contributed by atoms with E-state index >= 15 is 0 Å². The maximum atomic E-state index is 14.0. The SMILES string of the molecule is COc1ccc([C@@H]2c3sc(=O)n(CC(=O)N4CCCCC4)c3SC3C(=O)N(c4ccc(C)cc4)C(=O)C32)cc1. The Hall–Kier alpha value is -3.37. The quantitative estimate of drug-likeness (QED) is 0.436. The molecule has 2 unspecified atom stereocenters. The van der Waals surface area contributed by atoms with Crippen LogP contribution in [0.3, 0.4) is 0 Å². The second kappa shape index (κ2) is 10.3. The fourth-order valence-corrected chi connectivity index (χ4v) is 8.53. The van der Waals surface area contributed by atoms with Crippen LogP contribution in [0.4, 0.5) is 5.69 Å².